The van der Waals surface area contributed by atoms with Crippen LogP contribution in [0, 0.1) is 0 Å². The first kappa shape index (κ1) is 30.6. The number of methoxy groups -OCH3 is 4. The fourth-order valence-electron chi connectivity index (χ4n) is 4.49. The lowest BCUT2D eigenvalue weighted by Crippen LogP contribution is -2.29. The van der Waals surface area contributed by atoms with Crippen LogP contribution in [0.1, 0.15) is 19.8 Å². The average molecular weight is 591 g/mol. The summed E-state index contributed by atoms with van der Waals surface area (Å²) in [7, 11) is 6.47. The van der Waals surface area contributed by atoms with Crippen molar-refractivity contribution in [2.45, 2.75) is 31.5 Å². The molecule has 0 atom stereocenters. The number of carbonyl (C=O) groups excluding carboxylic acids is 1. The van der Waals surface area contributed by atoms with Gasteiger partial charge in [0.2, 0.25) is 0 Å². The van der Waals surface area contributed by atoms with Crippen molar-refractivity contribution in [1.82, 2.24) is 14.9 Å². The number of thioether (sulfide) groups is 1. The van der Waals surface area contributed by atoms with E-state index >= 15 is 0 Å². The maximum Gasteiger partial charge on any atom is 0.319 e. The molecule has 0 unspecified atom stereocenters. The molecular formula is C32H38N4O5S. The number of ether oxygens (including phenoxy) is 4. The first-order valence-corrected chi connectivity index (χ1v) is 14.8. The first-order valence-electron chi connectivity index (χ1n) is 13.8. The second kappa shape index (κ2) is 15.1. The first-order chi connectivity index (χ1) is 20.5. The van der Waals surface area contributed by atoms with Gasteiger partial charge >= 0.3 is 6.03 Å². The summed E-state index contributed by atoms with van der Waals surface area (Å²) < 4.78 is 23.6. The van der Waals surface area contributed by atoms with Gasteiger partial charge in [0.1, 0.15) is 23.0 Å². The van der Waals surface area contributed by atoms with Crippen LogP contribution in [-0.2, 0) is 6.54 Å². The van der Waals surface area contributed by atoms with Crippen molar-refractivity contribution in [3.63, 3.8) is 0 Å². The quantitative estimate of drug-likeness (QED) is 0.121. The number of imidazole rings is 1. The van der Waals surface area contributed by atoms with Crippen LogP contribution < -0.4 is 29.6 Å². The normalized spacial score (nSPS) is 10.7. The molecule has 0 saturated carbocycles. The summed E-state index contributed by atoms with van der Waals surface area (Å²) >= 11 is 1.73. The molecule has 0 aliphatic carbocycles. The zero-order valence-electron chi connectivity index (χ0n) is 24.7. The number of unbranched alkanes of at least 4 members (excludes halogenated alkanes) is 1. The third kappa shape index (κ3) is 7.50. The van der Waals surface area contributed by atoms with E-state index in [1.807, 2.05) is 36.4 Å². The van der Waals surface area contributed by atoms with Gasteiger partial charge in [-0.25, -0.2) is 9.78 Å². The van der Waals surface area contributed by atoms with Crippen LogP contribution in [0.5, 0.6) is 23.0 Å². The van der Waals surface area contributed by atoms with Crippen molar-refractivity contribution < 1.29 is 23.7 Å². The van der Waals surface area contributed by atoms with Crippen molar-refractivity contribution >= 4 is 23.5 Å². The van der Waals surface area contributed by atoms with E-state index in [4.69, 9.17) is 23.9 Å². The molecule has 2 N–H and O–H groups in total. The van der Waals surface area contributed by atoms with Gasteiger partial charge in [0.05, 0.1) is 45.5 Å². The molecule has 222 valence electrons. The molecule has 1 heterocycles. The summed E-state index contributed by atoms with van der Waals surface area (Å²) in [5.74, 6) is 3.69. The number of benzene rings is 3. The van der Waals surface area contributed by atoms with Gasteiger partial charge in [-0.2, -0.15) is 0 Å². The van der Waals surface area contributed by atoms with Crippen LogP contribution in [0.3, 0.4) is 0 Å². The fraction of sp³-hybridized carbons (Fsp3) is 0.312. The second-order valence-corrected chi connectivity index (χ2v) is 10.4. The smallest absolute Gasteiger partial charge is 0.319 e. The Morgan fingerprint density at radius 2 is 1.43 bits per heavy atom. The maximum absolute atomic E-state index is 12.4. The minimum absolute atomic E-state index is 0.277. The number of anilines is 1. The predicted octanol–water partition coefficient (Wildman–Crippen LogP) is 6.97. The third-order valence-corrected chi connectivity index (χ3v) is 7.78. The van der Waals surface area contributed by atoms with Gasteiger partial charge in [-0.3, -0.25) is 0 Å². The number of carbonyl (C=O) groups is 1. The van der Waals surface area contributed by atoms with Crippen molar-refractivity contribution in [1.29, 1.82) is 0 Å². The summed E-state index contributed by atoms with van der Waals surface area (Å²) in [6.45, 7) is 3.47. The highest BCUT2D eigenvalue weighted by atomic mass is 32.2. The molecule has 3 aromatic carbocycles. The van der Waals surface area contributed by atoms with E-state index < -0.39 is 0 Å². The average Bonchev–Trinajstić information content (AvgIpc) is 3.41. The monoisotopic (exact) mass is 590 g/mol. The minimum Gasteiger partial charge on any atom is -0.497 e. The highest BCUT2D eigenvalue weighted by molar-refractivity contribution is 7.99. The molecule has 10 heteroatoms. The van der Waals surface area contributed by atoms with Gasteiger partial charge in [0.25, 0.3) is 0 Å². The molecule has 2 amide bonds. The lowest BCUT2D eigenvalue weighted by Gasteiger charge is -2.12. The SMILES string of the molecule is CCn1c(SCCCCNC(=O)Nc2ccc(OC)cc2OC)nc(-c2ccc(OC)cc2)c1-c1ccc(OC)cc1. The Morgan fingerprint density at radius 3 is 2.02 bits per heavy atom. The Bertz CT molecular complexity index is 1460. The molecule has 0 fully saturated rings. The molecule has 0 spiro atoms. The molecular weight excluding hydrogens is 552 g/mol. The van der Waals surface area contributed by atoms with Crippen LogP contribution in [0.25, 0.3) is 22.5 Å². The Labute approximate surface area is 251 Å². The summed E-state index contributed by atoms with van der Waals surface area (Å²) in [5, 5.41) is 6.72. The summed E-state index contributed by atoms with van der Waals surface area (Å²) in [5.41, 5.74) is 4.68. The second-order valence-electron chi connectivity index (χ2n) is 9.30. The number of nitrogens with one attached hydrogen (secondary N) is 2. The highest BCUT2D eigenvalue weighted by Gasteiger charge is 2.20. The predicted molar refractivity (Wildman–Crippen MR) is 168 cm³/mol. The lowest BCUT2D eigenvalue weighted by molar-refractivity contribution is 0.252. The lowest BCUT2D eigenvalue weighted by atomic mass is 10.0. The van der Waals surface area contributed by atoms with Crippen LogP contribution in [0.15, 0.2) is 71.9 Å². The van der Waals surface area contributed by atoms with Gasteiger partial charge in [-0.15, -0.1) is 0 Å². The summed E-state index contributed by atoms with van der Waals surface area (Å²) in [6.07, 6.45) is 1.76. The van der Waals surface area contributed by atoms with Crippen LogP contribution in [0.4, 0.5) is 10.5 Å². The van der Waals surface area contributed by atoms with Crippen molar-refractivity contribution in [2.75, 3.05) is 46.1 Å². The minimum atomic E-state index is -0.277. The zero-order chi connectivity index (χ0) is 29.9. The van der Waals surface area contributed by atoms with Crippen molar-refractivity contribution in [2.24, 2.45) is 0 Å². The van der Waals surface area contributed by atoms with Crippen LogP contribution >= 0.6 is 11.8 Å². The Balaban J connectivity index is 1.39. The van der Waals surface area contributed by atoms with E-state index in [0.29, 0.717) is 23.7 Å². The van der Waals surface area contributed by atoms with Gasteiger partial charge < -0.3 is 34.1 Å². The summed E-state index contributed by atoms with van der Waals surface area (Å²) in [4.78, 5) is 17.5. The maximum atomic E-state index is 12.4. The topological polar surface area (TPSA) is 95.9 Å². The summed E-state index contributed by atoms with van der Waals surface area (Å²) in [6, 6.07) is 21.1. The van der Waals surface area contributed by atoms with E-state index in [1.165, 1.54) is 0 Å². The highest BCUT2D eigenvalue weighted by Crippen LogP contribution is 2.37. The van der Waals surface area contributed by atoms with Crippen LogP contribution in [-0.4, -0.2) is 56.3 Å². The van der Waals surface area contributed by atoms with Gasteiger partial charge in [-0.05, 0) is 80.4 Å². The zero-order valence-corrected chi connectivity index (χ0v) is 25.5. The van der Waals surface area contributed by atoms with Gasteiger partial charge in [0, 0.05) is 36.0 Å². The number of urea groups is 1. The third-order valence-electron chi connectivity index (χ3n) is 6.72. The molecule has 42 heavy (non-hydrogen) atoms. The van der Waals surface area contributed by atoms with E-state index in [1.54, 1.807) is 58.4 Å². The molecule has 0 bridgehead atoms. The fourth-order valence-corrected chi connectivity index (χ4v) is 5.55. The number of hydrogen-bond donors (Lipinski definition) is 2. The van der Waals surface area contributed by atoms with Crippen molar-refractivity contribution in [3.05, 3.63) is 66.7 Å². The van der Waals surface area contributed by atoms with E-state index in [2.05, 4.69) is 34.3 Å². The number of hydrogen-bond acceptors (Lipinski definition) is 7. The van der Waals surface area contributed by atoms with E-state index in [9.17, 15) is 4.79 Å². The van der Waals surface area contributed by atoms with Crippen molar-refractivity contribution in [3.8, 4) is 45.5 Å². The van der Waals surface area contributed by atoms with Gasteiger partial charge in [-0.1, -0.05) is 11.8 Å². The van der Waals surface area contributed by atoms with E-state index in [0.717, 1.165) is 64.3 Å². The Morgan fingerprint density at radius 1 is 0.810 bits per heavy atom. The molecule has 0 aliphatic heterocycles. The van der Waals surface area contributed by atoms with Crippen LogP contribution in [0.2, 0.25) is 0 Å². The molecule has 4 rings (SSSR count). The Hall–Kier alpha value is -4.31. The van der Waals surface area contributed by atoms with Gasteiger partial charge in [0.15, 0.2) is 5.16 Å². The number of aromatic nitrogens is 2. The van der Waals surface area contributed by atoms with E-state index in [-0.39, 0.29) is 6.03 Å². The molecule has 4 aromatic rings. The molecule has 0 saturated heterocycles. The number of amides is 2. The molecule has 9 nitrogen and oxygen atoms in total. The number of nitrogens with zero attached hydrogens (tertiary/aromatic N) is 2. The number of rotatable bonds is 14. The molecule has 0 radical (unpaired) electrons. The largest absolute Gasteiger partial charge is 0.497 e. The molecule has 0 aliphatic rings. The standard InChI is InChI=1S/C32H38N4O5S/c1-6-36-30(23-11-15-25(39-3)16-12-23)29(22-9-13-24(38-2)14-10-22)35-32(36)42-20-8-7-19-33-31(37)34-27-18-17-26(40-4)21-28(27)41-5/h9-18,21H,6-8,19-20H2,1-5H3,(H2,33,34,37). The Kier molecular flexibility index (Phi) is 11.0. The molecule has 1 aromatic heterocycles.